The Morgan fingerprint density at radius 3 is 2.15 bits per heavy atom. The zero-order chi connectivity index (χ0) is 14.7. The van der Waals surface area contributed by atoms with Crippen LogP contribution in [-0.2, 0) is 0 Å². The maximum atomic E-state index is 12.6. The average molecular weight is 279 g/mol. The van der Waals surface area contributed by atoms with Gasteiger partial charge in [-0.1, -0.05) is 0 Å². The topological polar surface area (TPSA) is 48.0 Å². The molecule has 5 nitrogen and oxygen atoms in total. The van der Waals surface area contributed by atoms with E-state index in [0.29, 0.717) is 22.8 Å². The van der Waals surface area contributed by atoms with Crippen molar-refractivity contribution in [2.75, 3.05) is 27.9 Å². The van der Waals surface area contributed by atoms with E-state index in [2.05, 4.69) is 6.92 Å². The van der Waals surface area contributed by atoms with Gasteiger partial charge in [-0.25, -0.2) is 0 Å². The molecule has 1 fully saturated rings. The molecular formula is C15H21NO4. The number of hydrogen-bond acceptors (Lipinski definition) is 4. The Balaban J connectivity index is 2.39. The number of carbonyl (C=O) groups excluding carboxylic acids is 1. The first-order chi connectivity index (χ1) is 9.62. The van der Waals surface area contributed by atoms with Crippen LogP contribution in [0, 0.1) is 0 Å². The molecule has 1 atom stereocenters. The van der Waals surface area contributed by atoms with E-state index in [1.807, 2.05) is 4.90 Å². The molecule has 1 unspecified atom stereocenters. The third-order valence-corrected chi connectivity index (χ3v) is 3.73. The lowest BCUT2D eigenvalue weighted by atomic mass is 10.1. The second-order valence-corrected chi connectivity index (χ2v) is 4.90. The minimum Gasteiger partial charge on any atom is -0.493 e. The summed E-state index contributed by atoms with van der Waals surface area (Å²) < 4.78 is 15.8. The van der Waals surface area contributed by atoms with Gasteiger partial charge in [0.1, 0.15) is 0 Å². The third-order valence-electron chi connectivity index (χ3n) is 3.73. The highest BCUT2D eigenvalue weighted by Crippen LogP contribution is 2.38. The predicted octanol–water partition coefficient (Wildman–Crippen LogP) is 2.34. The van der Waals surface area contributed by atoms with E-state index in [0.717, 1.165) is 19.4 Å². The Morgan fingerprint density at radius 1 is 1.15 bits per heavy atom. The minimum absolute atomic E-state index is 0.00857. The van der Waals surface area contributed by atoms with Crippen LogP contribution in [0.5, 0.6) is 17.2 Å². The van der Waals surface area contributed by atoms with Crippen molar-refractivity contribution >= 4 is 5.91 Å². The van der Waals surface area contributed by atoms with Crippen molar-refractivity contribution in [1.29, 1.82) is 0 Å². The molecule has 1 amide bonds. The molecule has 0 spiro atoms. The van der Waals surface area contributed by atoms with E-state index in [1.165, 1.54) is 0 Å². The first kappa shape index (κ1) is 14.5. The van der Waals surface area contributed by atoms with E-state index in [9.17, 15) is 4.79 Å². The van der Waals surface area contributed by atoms with Gasteiger partial charge in [0.2, 0.25) is 5.75 Å². The molecular weight excluding hydrogens is 258 g/mol. The van der Waals surface area contributed by atoms with E-state index in [-0.39, 0.29) is 11.9 Å². The summed E-state index contributed by atoms with van der Waals surface area (Å²) in [5.41, 5.74) is 0.563. The molecule has 1 heterocycles. The van der Waals surface area contributed by atoms with Crippen LogP contribution in [0.1, 0.15) is 30.1 Å². The van der Waals surface area contributed by atoms with Crippen LogP contribution >= 0.6 is 0 Å². The molecule has 1 aliphatic heterocycles. The number of carbonyl (C=O) groups is 1. The van der Waals surface area contributed by atoms with Gasteiger partial charge in [0.25, 0.3) is 5.91 Å². The lowest BCUT2D eigenvalue weighted by molar-refractivity contribution is 0.0746. The molecule has 0 aromatic heterocycles. The maximum Gasteiger partial charge on any atom is 0.254 e. The van der Waals surface area contributed by atoms with Gasteiger partial charge in [-0.15, -0.1) is 0 Å². The van der Waals surface area contributed by atoms with Crippen LogP contribution in [0.4, 0.5) is 0 Å². The highest BCUT2D eigenvalue weighted by atomic mass is 16.5. The second-order valence-electron chi connectivity index (χ2n) is 4.90. The zero-order valence-electron chi connectivity index (χ0n) is 12.4. The summed E-state index contributed by atoms with van der Waals surface area (Å²) in [6.07, 6.45) is 2.10. The standard InChI is InChI=1S/C15H21NO4/c1-10-6-5-7-16(10)15(17)11-8-12(18-2)14(20-4)13(9-11)19-3/h8-10H,5-7H2,1-4H3. The molecule has 2 rings (SSSR count). The van der Waals surface area contributed by atoms with Crippen molar-refractivity contribution in [3.8, 4) is 17.2 Å². The molecule has 110 valence electrons. The monoisotopic (exact) mass is 279 g/mol. The highest BCUT2D eigenvalue weighted by molar-refractivity contribution is 5.96. The molecule has 0 radical (unpaired) electrons. The molecule has 20 heavy (non-hydrogen) atoms. The minimum atomic E-state index is 0.00857. The Morgan fingerprint density at radius 2 is 1.75 bits per heavy atom. The first-order valence-electron chi connectivity index (χ1n) is 6.73. The van der Waals surface area contributed by atoms with Crippen molar-refractivity contribution in [3.05, 3.63) is 17.7 Å². The predicted molar refractivity (Wildman–Crippen MR) is 75.8 cm³/mol. The van der Waals surface area contributed by atoms with E-state index >= 15 is 0 Å². The molecule has 1 aromatic rings. The van der Waals surface area contributed by atoms with Gasteiger partial charge in [0.05, 0.1) is 21.3 Å². The summed E-state index contributed by atoms with van der Waals surface area (Å²) in [6, 6.07) is 3.69. The number of nitrogens with zero attached hydrogens (tertiary/aromatic N) is 1. The quantitative estimate of drug-likeness (QED) is 0.848. The molecule has 1 aromatic carbocycles. The SMILES string of the molecule is COc1cc(C(=O)N2CCCC2C)cc(OC)c1OC. The van der Waals surface area contributed by atoms with Gasteiger partial charge in [0.15, 0.2) is 11.5 Å². The fraction of sp³-hybridized carbons (Fsp3) is 0.533. The van der Waals surface area contributed by atoms with Gasteiger partial charge in [-0.3, -0.25) is 4.79 Å². The van der Waals surface area contributed by atoms with Crippen LogP contribution in [0.3, 0.4) is 0 Å². The van der Waals surface area contributed by atoms with Crippen LogP contribution < -0.4 is 14.2 Å². The van der Waals surface area contributed by atoms with Gasteiger partial charge < -0.3 is 19.1 Å². The normalized spacial score (nSPS) is 18.0. The van der Waals surface area contributed by atoms with Crippen LogP contribution in [0.2, 0.25) is 0 Å². The average Bonchev–Trinajstić information content (AvgIpc) is 2.90. The van der Waals surface area contributed by atoms with Crippen LogP contribution in [-0.4, -0.2) is 44.7 Å². The summed E-state index contributed by atoms with van der Waals surface area (Å²) in [7, 11) is 4.64. The summed E-state index contributed by atoms with van der Waals surface area (Å²) >= 11 is 0. The fourth-order valence-electron chi connectivity index (χ4n) is 2.61. The van der Waals surface area contributed by atoms with Gasteiger partial charge in [0, 0.05) is 18.2 Å². The Hall–Kier alpha value is -1.91. The van der Waals surface area contributed by atoms with Crippen molar-refractivity contribution in [3.63, 3.8) is 0 Å². The Bertz CT molecular complexity index is 476. The number of ether oxygens (including phenoxy) is 3. The van der Waals surface area contributed by atoms with Crippen molar-refractivity contribution in [2.45, 2.75) is 25.8 Å². The number of hydrogen-bond donors (Lipinski definition) is 0. The first-order valence-corrected chi connectivity index (χ1v) is 6.73. The summed E-state index contributed by atoms with van der Waals surface area (Å²) in [4.78, 5) is 14.5. The Labute approximate surface area is 119 Å². The largest absolute Gasteiger partial charge is 0.493 e. The zero-order valence-corrected chi connectivity index (χ0v) is 12.4. The number of methoxy groups -OCH3 is 3. The number of benzene rings is 1. The number of likely N-dealkylation sites (tertiary alicyclic amines) is 1. The maximum absolute atomic E-state index is 12.6. The summed E-state index contributed by atoms with van der Waals surface area (Å²) in [5.74, 6) is 1.51. The molecule has 0 bridgehead atoms. The van der Waals surface area contributed by atoms with Crippen molar-refractivity contribution in [2.24, 2.45) is 0 Å². The summed E-state index contributed by atoms with van der Waals surface area (Å²) in [6.45, 7) is 2.87. The van der Waals surface area contributed by atoms with Gasteiger partial charge in [-0.05, 0) is 31.9 Å². The Kier molecular flexibility index (Phi) is 4.37. The second kappa shape index (κ2) is 6.03. The van der Waals surface area contributed by atoms with E-state index in [4.69, 9.17) is 14.2 Å². The number of rotatable bonds is 4. The smallest absolute Gasteiger partial charge is 0.254 e. The van der Waals surface area contributed by atoms with Crippen molar-refractivity contribution in [1.82, 2.24) is 4.90 Å². The highest BCUT2D eigenvalue weighted by Gasteiger charge is 2.27. The molecule has 0 aliphatic carbocycles. The van der Waals surface area contributed by atoms with E-state index in [1.54, 1.807) is 33.5 Å². The third kappa shape index (κ3) is 2.53. The number of amides is 1. The molecule has 1 saturated heterocycles. The van der Waals surface area contributed by atoms with Gasteiger partial charge in [-0.2, -0.15) is 0 Å². The van der Waals surface area contributed by atoms with Crippen molar-refractivity contribution < 1.29 is 19.0 Å². The van der Waals surface area contributed by atoms with Gasteiger partial charge >= 0.3 is 0 Å². The lowest BCUT2D eigenvalue weighted by Gasteiger charge is -2.22. The molecule has 0 N–H and O–H groups in total. The fourth-order valence-corrected chi connectivity index (χ4v) is 2.61. The summed E-state index contributed by atoms with van der Waals surface area (Å²) in [5, 5.41) is 0. The van der Waals surface area contributed by atoms with Crippen LogP contribution in [0.15, 0.2) is 12.1 Å². The van der Waals surface area contributed by atoms with E-state index < -0.39 is 0 Å². The molecule has 5 heteroatoms. The van der Waals surface area contributed by atoms with Crippen LogP contribution in [0.25, 0.3) is 0 Å². The molecule has 1 aliphatic rings. The molecule has 0 saturated carbocycles. The lowest BCUT2D eigenvalue weighted by Crippen LogP contribution is -2.33.